The molecular formula is C14H15N5OS. The zero-order valence-electron chi connectivity index (χ0n) is 11.6. The van der Waals surface area contributed by atoms with E-state index in [1.54, 1.807) is 29.5 Å². The zero-order valence-corrected chi connectivity index (χ0v) is 12.4. The molecule has 2 aromatic heterocycles. The maximum atomic E-state index is 11.2. The minimum Gasteiger partial charge on any atom is -0.368 e. The SMILES string of the molecule is CS(=O)CCNc1nc(-n2ccnc2)nc2ccccc12. The molecule has 1 atom stereocenters. The van der Waals surface area contributed by atoms with Gasteiger partial charge in [0.15, 0.2) is 0 Å². The second kappa shape index (κ2) is 6.01. The molecule has 0 saturated heterocycles. The summed E-state index contributed by atoms with van der Waals surface area (Å²) in [5.41, 5.74) is 0.858. The summed E-state index contributed by atoms with van der Waals surface area (Å²) in [6.07, 6.45) is 6.84. The van der Waals surface area contributed by atoms with Crippen molar-refractivity contribution in [1.29, 1.82) is 0 Å². The number of anilines is 1. The molecule has 1 N–H and O–H groups in total. The molecule has 0 bridgehead atoms. The number of aromatic nitrogens is 4. The molecule has 1 aromatic carbocycles. The Morgan fingerprint density at radius 1 is 1.29 bits per heavy atom. The Balaban J connectivity index is 2.01. The van der Waals surface area contributed by atoms with Crippen molar-refractivity contribution in [3.8, 4) is 5.95 Å². The number of imidazole rings is 1. The molecule has 2 heterocycles. The summed E-state index contributed by atoms with van der Waals surface area (Å²) in [6.45, 7) is 0.605. The van der Waals surface area contributed by atoms with Crippen LogP contribution in [0.1, 0.15) is 0 Å². The number of benzene rings is 1. The summed E-state index contributed by atoms with van der Waals surface area (Å²) in [5.74, 6) is 1.89. The average molecular weight is 301 g/mol. The first kappa shape index (κ1) is 13.7. The van der Waals surface area contributed by atoms with Gasteiger partial charge in [-0.3, -0.25) is 8.78 Å². The quantitative estimate of drug-likeness (QED) is 0.775. The molecule has 6 nitrogen and oxygen atoms in total. The van der Waals surface area contributed by atoms with Gasteiger partial charge in [-0.15, -0.1) is 0 Å². The molecule has 0 radical (unpaired) electrons. The highest BCUT2D eigenvalue weighted by Gasteiger charge is 2.08. The van der Waals surface area contributed by atoms with E-state index in [4.69, 9.17) is 0 Å². The van der Waals surface area contributed by atoms with Gasteiger partial charge in [0.2, 0.25) is 5.95 Å². The Hall–Kier alpha value is -2.28. The van der Waals surface area contributed by atoms with Crippen LogP contribution in [0.15, 0.2) is 43.0 Å². The maximum absolute atomic E-state index is 11.2. The topological polar surface area (TPSA) is 72.7 Å². The monoisotopic (exact) mass is 301 g/mol. The zero-order chi connectivity index (χ0) is 14.7. The van der Waals surface area contributed by atoms with Gasteiger partial charge in [0.05, 0.1) is 5.52 Å². The van der Waals surface area contributed by atoms with Gasteiger partial charge in [-0.25, -0.2) is 9.97 Å². The molecule has 0 fully saturated rings. The van der Waals surface area contributed by atoms with Crippen molar-refractivity contribution >= 4 is 27.5 Å². The highest BCUT2D eigenvalue weighted by Crippen LogP contribution is 2.21. The van der Waals surface area contributed by atoms with E-state index in [1.807, 2.05) is 24.3 Å². The third-order valence-corrected chi connectivity index (χ3v) is 3.79. The third-order valence-electron chi connectivity index (χ3n) is 3.01. The Kier molecular flexibility index (Phi) is 3.92. The van der Waals surface area contributed by atoms with Crippen LogP contribution in [0.4, 0.5) is 5.82 Å². The number of hydrogen-bond donors (Lipinski definition) is 1. The number of fused-ring (bicyclic) bond motifs is 1. The fraction of sp³-hybridized carbons (Fsp3) is 0.214. The molecule has 0 aliphatic rings. The lowest BCUT2D eigenvalue weighted by Gasteiger charge is -2.10. The minimum atomic E-state index is -0.829. The van der Waals surface area contributed by atoms with E-state index in [-0.39, 0.29) is 0 Å². The van der Waals surface area contributed by atoms with Gasteiger partial charge in [-0.05, 0) is 12.1 Å². The first-order valence-electron chi connectivity index (χ1n) is 6.53. The molecule has 3 rings (SSSR count). The van der Waals surface area contributed by atoms with Crippen molar-refractivity contribution in [3.05, 3.63) is 43.0 Å². The van der Waals surface area contributed by atoms with Crippen molar-refractivity contribution in [3.63, 3.8) is 0 Å². The molecule has 108 valence electrons. The molecule has 0 saturated carbocycles. The molecule has 0 aliphatic carbocycles. The van der Waals surface area contributed by atoms with Gasteiger partial charge < -0.3 is 5.32 Å². The van der Waals surface area contributed by atoms with E-state index in [0.717, 1.165) is 16.7 Å². The van der Waals surface area contributed by atoms with Crippen molar-refractivity contribution < 1.29 is 4.21 Å². The second-order valence-electron chi connectivity index (χ2n) is 4.56. The number of rotatable bonds is 5. The first-order valence-corrected chi connectivity index (χ1v) is 8.26. The summed E-state index contributed by atoms with van der Waals surface area (Å²) in [4.78, 5) is 13.1. The fourth-order valence-corrected chi connectivity index (χ4v) is 2.39. The van der Waals surface area contributed by atoms with Gasteiger partial charge in [0.25, 0.3) is 0 Å². The van der Waals surface area contributed by atoms with E-state index < -0.39 is 10.8 Å². The Bertz CT molecular complexity index is 772. The predicted molar refractivity (Wildman–Crippen MR) is 84.1 cm³/mol. The van der Waals surface area contributed by atoms with Crippen molar-refractivity contribution in [2.45, 2.75) is 0 Å². The number of hydrogen-bond acceptors (Lipinski definition) is 5. The van der Waals surface area contributed by atoms with Gasteiger partial charge in [-0.2, -0.15) is 4.98 Å². The molecule has 0 spiro atoms. The lowest BCUT2D eigenvalue weighted by molar-refractivity contribution is 0.687. The van der Waals surface area contributed by atoms with Crippen molar-refractivity contribution in [1.82, 2.24) is 19.5 Å². The van der Waals surface area contributed by atoms with E-state index in [0.29, 0.717) is 18.2 Å². The van der Waals surface area contributed by atoms with Gasteiger partial charge in [-0.1, -0.05) is 12.1 Å². The van der Waals surface area contributed by atoms with Gasteiger partial charge in [0.1, 0.15) is 12.1 Å². The van der Waals surface area contributed by atoms with Crippen molar-refractivity contribution in [2.24, 2.45) is 0 Å². The minimum absolute atomic E-state index is 0.561. The van der Waals surface area contributed by atoms with Crippen LogP contribution in [0, 0.1) is 0 Å². The van der Waals surface area contributed by atoms with Gasteiger partial charge in [0, 0.05) is 47.1 Å². The Morgan fingerprint density at radius 2 is 2.14 bits per heavy atom. The average Bonchev–Trinajstić information content (AvgIpc) is 3.01. The molecule has 3 aromatic rings. The predicted octanol–water partition coefficient (Wildman–Crippen LogP) is 1.61. The summed E-state index contributed by atoms with van der Waals surface area (Å²) >= 11 is 0. The van der Waals surface area contributed by atoms with Crippen LogP contribution in [-0.4, -0.2) is 42.3 Å². The van der Waals surface area contributed by atoms with Crippen LogP contribution in [0.5, 0.6) is 0 Å². The van der Waals surface area contributed by atoms with E-state index in [9.17, 15) is 4.21 Å². The molecular weight excluding hydrogens is 286 g/mol. The van der Waals surface area contributed by atoms with E-state index in [1.165, 1.54) is 0 Å². The Labute approximate surface area is 124 Å². The highest BCUT2D eigenvalue weighted by atomic mass is 32.2. The smallest absolute Gasteiger partial charge is 0.237 e. The highest BCUT2D eigenvalue weighted by molar-refractivity contribution is 7.84. The van der Waals surface area contributed by atoms with Crippen LogP contribution in [0.2, 0.25) is 0 Å². The fourth-order valence-electron chi connectivity index (χ4n) is 2.01. The van der Waals surface area contributed by atoms with Crippen molar-refractivity contribution in [2.75, 3.05) is 23.9 Å². The number of nitrogens with one attached hydrogen (secondary N) is 1. The van der Waals surface area contributed by atoms with E-state index in [2.05, 4.69) is 20.3 Å². The second-order valence-corrected chi connectivity index (χ2v) is 6.12. The van der Waals surface area contributed by atoms with Crippen LogP contribution < -0.4 is 5.32 Å². The summed E-state index contributed by atoms with van der Waals surface area (Å²) in [6, 6.07) is 7.81. The maximum Gasteiger partial charge on any atom is 0.237 e. The molecule has 7 heteroatoms. The lowest BCUT2D eigenvalue weighted by atomic mass is 10.2. The van der Waals surface area contributed by atoms with Gasteiger partial charge >= 0.3 is 0 Å². The van der Waals surface area contributed by atoms with Crippen LogP contribution in [0.3, 0.4) is 0 Å². The van der Waals surface area contributed by atoms with Crippen LogP contribution in [0.25, 0.3) is 16.9 Å². The van der Waals surface area contributed by atoms with E-state index >= 15 is 0 Å². The normalized spacial score (nSPS) is 12.4. The first-order chi connectivity index (χ1) is 10.2. The summed E-state index contributed by atoms with van der Waals surface area (Å²) < 4.78 is 12.9. The van der Waals surface area contributed by atoms with Crippen LogP contribution >= 0.6 is 0 Å². The standard InChI is InChI=1S/C14H15N5OS/c1-21(20)9-7-16-13-11-4-2-3-5-12(11)17-14(18-13)19-8-6-15-10-19/h2-6,8,10H,7,9H2,1H3,(H,16,17,18). The number of nitrogens with zero attached hydrogens (tertiary/aromatic N) is 4. The molecule has 21 heavy (non-hydrogen) atoms. The summed E-state index contributed by atoms with van der Waals surface area (Å²) in [5, 5.41) is 4.19. The lowest BCUT2D eigenvalue weighted by Crippen LogP contribution is -2.12. The Morgan fingerprint density at radius 3 is 2.90 bits per heavy atom. The van der Waals surface area contributed by atoms with Crippen LogP contribution in [-0.2, 0) is 10.8 Å². The largest absolute Gasteiger partial charge is 0.368 e. The third kappa shape index (κ3) is 3.08. The molecule has 0 amide bonds. The molecule has 0 aliphatic heterocycles. The number of para-hydroxylation sites is 1. The molecule has 1 unspecified atom stereocenters. The summed E-state index contributed by atoms with van der Waals surface area (Å²) in [7, 11) is -0.829.